The molecule has 3 aromatic heterocycles. The topological polar surface area (TPSA) is 71.2 Å². The summed E-state index contributed by atoms with van der Waals surface area (Å²) in [7, 11) is 0. The van der Waals surface area contributed by atoms with E-state index < -0.39 is 23.8 Å². The molecule has 31 heavy (non-hydrogen) atoms. The quantitative estimate of drug-likeness (QED) is 0.514. The number of halogens is 3. The predicted molar refractivity (Wildman–Crippen MR) is 112 cm³/mol. The molecule has 0 aliphatic carbocycles. The number of pyridine rings is 1. The molecule has 1 aliphatic rings. The van der Waals surface area contributed by atoms with E-state index in [1.165, 1.54) is 22.1 Å². The molecule has 0 bridgehead atoms. The smallest absolute Gasteiger partial charge is 0.243 e. The number of nitrogens with zero attached hydrogens (tertiary/aromatic N) is 6. The summed E-state index contributed by atoms with van der Waals surface area (Å²) in [6, 6.07) is 6.72. The fourth-order valence-electron chi connectivity index (χ4n) is 3.68. The van der Waals surface area contributed by atoms with Crippen molar-refractivity contribution >= 4 is 28.3 Å². The molecule has 0 radical (unpaired) electrons. The molecule has 160 valence electrons. The van der Waals surface area contributed by atoms with Crippen LogP contribution in [0, 0.1) is 18.6 Å². The molecule has 1 fully saturated rings. The average molecular weight is 445 g/mol. The third-order valence-electron chi connectivity index (χ3n) is 5.24. The van der Waals surface area contributed by atoms with Crippen LogP contribution in [-0.4, -0.2) is 49.3 Å². The van der Waals surface area contributed by atoms with Gasteiger partial charge in [0.15, 0.2) is 17.3 Å². The maximum Gasteiger partial charge on any atom is 0.243 e. The molecule has 1 unspecified atom stereocenters. The Morgan fingerprint density at radius 1 is 1.16 bits per heavy atom. The number of fused-ring (bicyclic) bond motifs is 1. The predicted octanol–water partition coefficient (Wildman–Crippen LogP) is 3.86. The van der Waals surface area contributed by atoms with Gasteiger partial charge < -0.3 is 10.2 Å². The van der Waals surface area contributed by atoms with E-state index in [0.717, 1.165) is 17.3 Å². The van der Waals surface area contributed by atoms with Crippen LogP contribution in [-0.2, 0) is 0 Å². The van der Waals surface area contributed by atoms with E-state index in [0.29, 0.717) is 35.6 Å². The number of nitrogens with one attached hydrogen (secondary N) is 1. The van der Waals surface area contributed by atoms with Gasteiger partial charge in [0.25, 0.3) is 0 Å². The summed E-state index contributed by atoms with van der Waals surface area (Å²) in [6.45, 7) is 2.66. The number of aryl methyl sites for hydroxylation is 1. The van der Waals surface area contributed by atoms with E-state index >= 15 is 0 Å². The maximum absolute atomic E-state index is 14.9. The van der Waals surface area contributed by atoms with Gasteiger partial charge in [0.2, 0.25) is 11.1 Å². The Hall–Kier alpha value is -3.21. The second-order valence-corrected chi connectivity index (χ2v) is 8.11. The molecular formula is C20H18F3N7S. The number of piperidine rings is 1. The highest BCUT2D eigenvalue weighted by molar-refractivity contribution is 7.09. The van der Waals surface area contributed by atoms with Crippen LogP contribution < -0.4 is 10.2 Å². The molecule has 0 saturated carbocycles. The van der Waals surface area contributed by atoms with Gasteiger partial charge >= 0.3 is 0 Å². The molecule has 0 amide bonds. The largest absolute Gasteiger partial charge is 0.347 e. The van der Waals surface area contributed by atoms with E-state index in [4.69, 9.17) is 0 Å². The number of benzene rings is 1. The van der Waals surface area contributed by atoms with Gasteiger partial charge in [-0.1, -0.05) is 6.07 Å². The van der Waals surface area contributed by atoms with Crippen molar-refractivity contribution in [3.63, 3.8) is 0 Å². The van der Waals surface area contributed by atoms with E-state index in [9.17, 15) is 13.2 Å². The van der Waals surface area contributed by atoms with Gasteiger partial charge in [0.05, 0.1) is 12.6 Å². The number of aromatic nitrogens is 5. The highest BCUT2D eigenvalue weighted by atomic mass is 32.1. The molecule has 2 atom stereocenters. The fourth-order valence-corrected chi connectivity index (χ4v) is 4.39. The molecule has 7 nitrogen and oxygen atoms in total. The van der Waals surface area contributed by atoms with Crippen molar-refractivity contribution in [1.29, 1.82) is 0 Å². The Labute approximate surface area is 179 Å². The van der Waals surface area contributed by atoms with E-state index in [2.05, 4.69) is 24.8 Å². The Kier molecular flexibility index (Phi) is 4.97. The zero-order valence-corrected chi connectivity index (χ0v) is 17.3. The first kappa shape index (κ1) is 19.7. The van der Waals surface area contributed by atoms with Gasteiger partial charge in [-0.15, -0.1) is 5.10 Å². The van der Waals surface area contributed by atoms with Crippen LogP contribution in [0.5, 0.6) is 0 Å². The Balaban J connectivity index is 1.36. The standard InChI is InChI=1S/C20H18F3N7S/c1-11-24-20(31-28-11)29-8-6-17(16(23)10-29)25-19-26-18-13(3-2-7-30(18)27-19)12-4-5-14(21)15(22)9-12/h2-5,7,9,16-17H,6,8,10H2,1H3,(H,25,27)/t16-,17?/m0/s1. The lowest BCUT2D eigenvalue weighted by molar-refractivity contribution is 0.263. The van der Waals surface area contributed by atoms with Gasteiger partial charge in [-0.2, -0.15) is 9.36 Å². The molecular weight excluding hydrogens is 427 g/mol. The lowest BCUT2D eigenvalue weighted by atomic mass is 10.0. The SMILES string of the molecule is Cc1nsc(N2CCC(Nc3nc4c(-c5ccc(F)c(F)c5)cccn4n3)[C@@H](F)C2)n1. The molecule has 0 spiro atoms. The summed E-state index contributed by atoms with van der Waals surface area (Å²) in [4.78, 5) is 10.7. The zero-order chi connectivity index (χ0) is 21.5. The molecule has 11 heteroatoms. The van der Waals surface area contributed by atoms with Crippen LogP contribution in [0.2, 0.25) is 0 Å². The van der Waals surface area contributed by atoms with Crippen molar-refractivity contribution in [2.75, 3.05) is 23.3 Å². The van der Waals surface area contributed by atoms with Gasteiger partial charge in [0.1, 0.15) is 12.0 Å². The van der Waals surface area contributed by atoms with Crippen LogP contribution >= 0.6 is 11.5 Å². The number of anilines is 2. The molecule has 5 rings (SSSR count). The van der Waals surface area contributed by atoms with Crippen LogP contribution in [0.15, 0.2) is 36.5 Å². The Morgan fingerprint density at radius 2 is 2.03 bits per heavy atom. The van der Waals surface area contributed by atoms with E-state index in [-0.39, 0.29) is 12.5 Å². The van der Waals surface area contributed by atoms with Crippen molar-refractivity contribution in [3.8, 4) is 11.1 Å². The maximum atomic E-state index is 14.9. The number of hydrogen-bond donors (Lipinski definition) is 1. The minimum absolute atomic E-state index is 0.208. The fraction of sp³-hybridized carbons (Fsp3) is 0.300. The number of rotatable bonds is 4. The van der Waals surface area contributed by atoms with Gasteiger partial charge in [0, 0.05) is 29.8 Å². The first-order valence-corrected chi connectivity index (χ1v) is 10.5. The van der Waals surface area contributed by atoms with Gasteiger partial charge in [-0.3, -0.25) is 0 Å². The van der Waals surface area contributed by atoms with Gasteiger partial charge in [-0.05, 0) is 43.2 Å². The highest BCUT2D eigenvalue weighted by Gasteiger charge is 2.31. The molecule has 1 saturated heterocycles. The Bertz CT molecular complexity index is 1240. The van der Waals surface area contributed by atoms with Crippen LogP contribution in [0.1, 0.15) is 12.2 Å². The van der Waals surface area contributed by atoms with Crippen molar-refractivity contribution in [3.05, 3.63) is 54.0 Å². The van der Waals surface area contributed by atoms with Crippen LogP contribution in [0.4, 0.5) is 24.3 Å². The first-order valence-electron chi connectivity index (χ1n) is 9.74. The average Bonchev–Trinajstić information content (AvgIpc) is 3.37. The van der Waals surface area contributed by atoms with Crippen molar-refractivity contribution < 1.29 is 13.2 Å². The third kappa shape index (κ3) is 3.80. The molecule has 4 aromatic rings. The minimum Gasteiger partial charge on any atom is -0.347 e. The van der Waals surface area contributed by atoms with Crippen molar-refractivity contribution in [2.45, 2.75) is 25.6 Å². The lowest BCUT2D eigenvalue weighted by Crippen LogP contribution is -2.48. The van der Waals surface area contributed by atoms with E-state index in [1.807, 2.05) is 11.8 Å². The summed E-state index contributed by atoms with van der Waals surface area (Å²) in [5.41, 5.74) is 1.54. The van der Waals surface area contributed by atoms with Crippen LogP contribution in [0.3, 0.4) is 0 Å². The van der Waals surface area contributed by atoms with E-state index in [1.54, 1.807) is 18.3 Å². The minimum atomic E-state index is -1.14. The molecule has 1 N–H and O–H groups in total. The highest BCUT2D eigenvalue weighted by Crippen LogP contribution is 2.27. The first-order chi connectivity index (χ1) is 15.0. The normalized spacial score (nSPS) is 19.2. The Morgan fingerprint density at radius 3 is 2.77 bits per heavy atom. The molecule has 4 heterocycles. The summed E-state index contributed by atoms with van der Waals surface area (Å²) < 4.78 is 47.6. The van der Waals surface area contributed by atoms with Crippen LogP contribution in [0.25, 0.3) is 16.8 Å². The van der Waals surface area contributed by atoms with Crippen molar-refractivity contribution in [1.82, 2.24) is 24.0 Å². The third-order valence-corrected chi connectivity index (χ3v) is 6.10. The number of alkyl halides is 1. The molecule has 1 aromatic carbocycles. The summed E-state index contributed by atoms with van der Waals surface area (Å²) >= 11 is 1.27. The second-order valence-electron chi connectivity index (χ2n) is 7.38. The number of hydrogen-bond acceptors (Lipinski definition) is 7. The summed E-state index contributed by atoms with van der Waals surface area (Å²) in [5.74, 6) is -0.886. The summed E-state index contributed by atoms with van der Waals surface area (Å²) in [5, 5.41) is 8.18. The monoisotopic (exact) mass is 445 g/mol. The zero-order valence-electron chi connectivity index (χ0n) is 16.5. The second kappa shape index (κ2) is 7.80. The van der Waals surface area contributed by atoms with Crippen molar-refractivity contribution in [2.24, 2.45) is 0 Å². The van der Waals surface area contributed by atoms with Gasteiger partial charge in [-0.25, -0.2) is 22.7 Å². The summed E-state index contributed by atoms with van der Waals surface area (Å²) in [6.07, 6.45) is 1.10. The molecule has 1 aliphatic heterocycles. The lowest BCUT2D eigenvalue weighted by Gasteiger charge is -2.34.